The van der Waals surface area contributed by atoms with Gasteiger partial charge >= 0.3 is 5.97 Å². The number of nitrogens with zero attached hydrogens (tertiary/aromatic N) is 1. The number of amides is 1. The Morgan fingerprint density at radius 3 is 2.78 bits per heavy atom. The third-order valence-electron chi connectivity index (χ3n) is 2.38. The Hall–Kier alpha value is -0.920. The van der Waals surface area contributed by atoms with E-state index in [1.807, 2.05) is 11.4 Å². The zero-order valence-corrected chi connectivity index (χ0v) is 12.3. The molecule has 1 aromatic heterocycles. The smallest absolute Gasteiger partial charge is 0.303 e. The highest BCUT2D eigenvalue weighted by Crippen LogP contribution is 2.21. The Morgan fingerprint density at radius 1 is 1.61 bits per heavy atom. The predicted octanol–water partition coefficient (Wildman–Crippen LogP) is 1.66. The second kappa shape index (κ2) is 6.86. The van der Waals surface area contributed by atoms with Gasteiger partial charge in [-0.05, 0) is 28.4 Å². The van der Waals surface area contributed by atoms with Crippen molar-refractivity contribution in [3.8, 4) is 0 Å². The summed E-state index contributed by atoms with van der Waals surface area (Å²) in [6.45, 7) is 0.482. The van der Waals surface area contributed by atoms with Crippen LogP contribution >= 0.6 is 27.3 Å². The van der Waals surface area contributed by atoms with E-state index in [0.29, 0.717) is 6.54 Å². The van der Waals surface area contributed by atoms with Crippen LogP contribution in [0.2, 0.25) is 0 Å². The van der Waals surface area contributed by atoms with Gasteiger partial charge in [-0.3, -0.25) is 9.59 Å². The summed E-state index contributed by atoms with van der Waals surface area (Å²) in [6, 6.07) is 1.19. The summed E-state index contributed by atoms with van der Waals surface area (Å²) in [5, 5.41) is 10.5. The molecule has 0 saturated carbocycles. The summed E-state index contributed by atoms with van der Waals surface area (Å²) in [4.78, 5) is 24.8. The molecule has 0 saturated heterocycles. The number of nitrogens with two attached hydrogens (primary N) is 1. The molecule has 1 amide bonds. The van der Waals surface area contributed by atoms with Gasteiger partial charge < -0.3 is 15.7 Å². The number of likely N-dealkylation sites (N-methyl/N-ethyl adjacent to an activating group) is 1. The Kier molecular flexibility index (Phi) is 5.77. The number of thiophene rings is 1. The van der Waals surface area contributed by atoms with Crippen LogP contribution in [0.1, 0.15) is 17.7 Å². The van der Waals surface area contributed by atoms with E-state index in [0.717, 1.165) is 9.35 Å². The van der Waals surface area contributed by atoms with Crippen LogP contribution in [0, 0.1) is 0 Å². The first-order valence-corrected chi connectivity index (χ1v) is 7.02. The van der Waals surface area contributed by atoms with Crippen molar-refractivity contribution in [2.24, 2.45) is 5.73 Å². The summed E-state index contributed by atoms with van der Waals surface area (Å²) in [6.07, 6.45) is 0.0674. The van der Waals surface area contributed by atoms with Gasteiger partial charge in [-0.1, -0.05) is 0 Å². The van der Waals surface area contributed by atoms with Crippen LogP contribution in [0.5, 0.6) is 0 Å². The molecule has 0 aliphatic heterocycles. The van der Waals surface area contributed by atoms with Crippen LogP contribution in [0.15, 0.2) is 15.9 Å². The highest BCUT2D eigenvalue weighted by atomic mass is 79.9. The van der Waals surface area contributed by atoms with Crippen molar-refractivity contribution in [3.63, 3.8) is 0 Å². The number of hydrogen-bond acceptors (Lipinski definition) is 4. The van der Waals surface area contributed by atoms with E-state index >= 15 is 0 Å². The fraction of sp³-hybridized carbons (Fsp3) is 0.455. The molecule has 0 aliphatic rings. The second-order valence-corrected chi connectivity index (χ2v) is 5.88. The monoisotopic (exact) mass is 334 g/mol. The molecule has 100 valence electrons. The number of carbonyl (C=O) groups excluding carboxylic acids is 1. The Balaban J connectivity index is 2.47. The van der Waals surface area contributed by atoms with Gasteiger partial charge in [0.25, 0.3) is 0 Å². The molecule has 1 unspecified atom stereocenters. The van der Waals surface area contributed by atoms with Crippen molar-refractivity contribution in [2.75, 3.05) is 7.05 Å². The fourth-order valence-corrected chi connectivity index (χ4v) is 2.94. The van der Waals surface area contributed by atoms with E-state index in [9.17, 15) is 9.59 Å². The van der Waals surface area contributed by atoms with Gasteiger partial charge in [0.05, 0.1) is 12.6 Å². The minimum Gasteiger partial charge on any atom is -0.481 e. The summed E-state index contributed by atoms with van der Waals surface area (Å²) < 4.78 is 0.985. The summed E-state index contributed by atoms with van der Waals surface area (Å²) >= 11 is 4.90. The normalized spacial score (nSPS) is 12.2. The lowest BCUT2D eigenvalue weighted by Crippen LogP contribution is -2.41. The van der Waals surface area contributed by atoms with E-state index in [4.69, 9.17) is 10.8 Å². The molecule has 3 N–H and O–H groups in total. The highest BCUT2D eigenvalue weighted by Gasteiger charge is 2.19. The number of halogens is 1. The zero-order chi connectivity index (χ0) is 13.7. The molecule has 1 rings (SSSR count). The molecule has 0 fully saturated rings. The number of rotatable bonds is 6. The maximum atomic E-state index is 11.9. The Bertz CT molecular complexity index is 436. The molecular weight excluding hydrogens is 320 g/mol. The fourth-order valence-electron chi connectivity index (χ4n) is 1.43. The molecule has 7 heteroatoms. The third-order valence-corrected chi connectivity index (χ3v) is 4.06. The van der Waals surface area contributed by atoms with Gasteiger partial charge in [-0.25, -0.2) is 0 Å². The SMILES string of the molecule is CN(Cc1cc(Br)cs1)C(=O)C(N)CCC(=O)O. The molecule has 1 heterocycles. The Labute approximate surface area is 118 Å². The van der Waals surface area contributed by atoms with Crippen LogP contribution in [-0.2, 0) is 16.1 Å². The molecule has 1 atom stereocenters. The van der Waals surface area contributed by atoms with Gasteiger partial charge in [0.15, 0.2) is 0 Å². The van der Waals surface area contributed by atoms with Gasteiger partial charge in [0.1, 0.15) is 0 Å². The summed E-state index contributed by atoms with van der Waals surface area (Å²) in [5.74, 6) is -1.18. The van der Waals surface area contributed by atoms with Crippen LogP contribution in [0.4, 0.5) is 0 Å². The second-order valence-electron chi connectivity index (χ2n) is 3.96. The predicted molar refractivity (Wildman–Crippen MR) is 73.3 cm³/mol. The molecule has 5 nitrogen and oxygen atoms in total. The first kappa shape index (κ1) is 15.1. The van der Waals surface area contributed by atoms with Crippen molar-refractivity contribution in [3.05, 3.63) is 20.8 Å². The van der Waals surface area contributed by atoms with Crippen molar-refractivity contribution < 1.29 is 14.7 Å². The first-order chi connectivity index (χ1) is 8.40. The summed E-state index contributed by atoms with van der Waals surface area (Å²) in [5.41, 5.74) is 5.66. The number of hydrogen-bond donors (Lipinski definition) is 2. The van der Waals surface area contributed by atoms with Crippen LogP contribution in [-0.4, -0.2) is 35.0 Å². The lowest BCUT2D eigenvalue weighted by atomic mass is 10.1. The molecule has 0 aliphatic carbocycles. The van der Waals surface area contributed by atoms with Gasteiger partial charge in [0, 0.05) is 28.2 Å². The van der Waals surface area contributed by atoms with Crippen molar-refractivity contribution in [1.82, 2.24) is 4.90 Å². The lowest BCUT2D eigenvalue weighted by molar-refractivity contribution is -0.137. The Morgan fingerprint density at radius 2 is 2.28 bits per heavy atom. The van der Waals surface area contributed by atoms with E-state index in [-0.39, 0.29) is 18.7 Å². The minimum atomic E-state index is -0.942. The molecule has 0 spiro atoms. The van der Waals surface area contributed by atoms with Gasteiger partial charge in [-0.2, -0.15) is 0 Å². The maximum absolute atomic E-state index is 11.9. The molecular formula is C11H15BrN2O3S. The van der Waals surface area contributed by atoms with Gasteiger partial charge in [0.2, 0.25) is 5.91 Å². The standard InChI is InChI=1S/C11H15BrN2O3S/c1-14(5-8-4-7(12)6-18-8)11(17)9(13)2-3-10(15)16/h4,6,9H,2-3,5,13H2,1H3,(H,15,16). The number of aliphatic carboxylic acids is 1. The van der Waals surface area contributed by atoms with E-state index in [1.165, 1.54) is 4.90 Å². The van der Waals surface area contributed by atoms with Crippen LogP contribution in [0.3, 0.4) is 0 Å². The summed E-state index contributed by atoms with van der Waals surface area (Å²) in [7, 11) is 1.66. The molecule has 1 aromatic rings. The average Bonchev–Trinajstić information content (AvgIpc) is 2.70. The lowest BCUT2D eigenvalue weighted by Gasteiger charge is -2.20. The number of carboxylic acids is 1. The van der Waals surface area contributed by atoms with E-state index in [2.05, 4.69) is 15.9 Å². The molecule has 0 bridgehead atoms. The average molecular weight is 335 g/mol. The van der Waals surface area contributed by atoms with Crippen LogP contribution < -0.4 is 5.73 Å². The topological polar surface area (TPSA) is 83.6 Å². The van der Waals surface area contributed by atoms with Gasteiger partial charge in [-0.15, -0.1) is 11.3 Å². The van der Waals surface area contributed by atoms with Crippen molar-refractivity contribution >= 4 is 39.1 Å². The number of carbonyl (C=O) groups is 2. The van der Waals surface area contributed by atoms with Crippen molar-refractivity contribution in [1.29, 1.82) is 0 Å². The first-order valence-electron chi connectivity index (χ1n) is 5.35. The molecule has 0 aromatic carbocycles. The van der Waals surface area contributed by atoms with E-state index < -0.39 is 12.0 Å². The van der Waals surface area contributed by atoms with Crippen LogP contribution in [0.25, 0.3) is 0 Å². The van der Waals surface area contributed by atoms with Crippen molar-refractivity contribution in [2.45, 2.75) is 25.4 Å². The quantitative estimate of drug-likeness (QED) is 0.828. The third kappa shape index (κ3) is 4.75. The minimum absolute atomic E-state index is 0.0920. The maximum Gasteiger partial charge on any atom is 0.303 e. The molecule has 0 radical (unpaired) electrons. The van der Waals surface area contributed by atoms with E-state index in [1.54, 1.807) is 18.4 Å². The number of carboxylic acid groups (broad SMARTS) is 1. The molecule has 18 heavy (non-hydrogen) atoms. The zero-order valence-electron chi connectivity index (χ0n) is 9.93. The highest BCUT2D eigenvalue weighted by molar-refractivity contribution is 9.10. The largest absolute Gasteiger partial charge is 0.481 e.